The van der Waals surface area contributed by atoms with Crippen LogP contribution in [0.1, 0.15) is 15.9 Å². The highest BCUT2D eigenvalue weighted by molar-refractivity contribution is 7.90. The summed E-state index contributed by atoms with van der Waals surface area (Å²) in [4.78, 5) is 10.1. The van der Waals surface area contributed by atoms with E-state index in [1.807, 2.05) is 0 Å². The van der Waals surface area contributed by atoms with Gasteiger partial charge in [0, 0.05) is 6.26 Å². The summed E-state index contributed by atoms with van der Waals surface area (Å²) in [5.74, 6) is -4.02. The molecule has 8 heteroatoms. The van der Waals surface area contributed by atoms with Crippen molar-refractivity contribution in [3.8, 4) is 0 Å². The first-order valence-electron chi connectivity index (χ1n) is 4.56. The Labute approximate surface area is 100 Å². The van der Waals surface area contributed by atoms with E-state index in [0.29, 0.717) is 12.3 Å². The van der Waals surface area contributed by atoms with Crippen molar-refractivity contribution in [1.82, 2.24) is 0 Å². The molecule has 3 nitrogen and oxygen atoms in total. The van der Waals surface area contributed by atoms with Crippen LogP contribution in [0.2, 0.25) is 0 Å². The maximum absolute atomic E-state index is 13.4. The van der Waals surface area contributed by atoms with Gasteiger partial charge in [-0.25, -0.2) is 12.8 Å². The van der Waals surface area contributed by atoms with Gasteiger partial charge in [-0.2, -0.15) is 13.2 Å². The number of hydrogen-bond donors (Lipinski definition) is 0. The molecule has 0 heterocycles. The van der Waals surface area contributed by atoms with Crippen LogP contribution in [0.3, 0.4) is 0 Å². The van der Waals surface area contributed by atoms with Gasteiger partial charge in [-0.3, -0.25) is 4.79 Å². The number of aryl methyl sites for hydroxylation is 1. The molecule has 0 atom stereocenters. The van der Waals surface area contributed by atoms with Crippen LogP contribution >= 0.6 is 0 Å². The van der Waals surface area contributed by atoms with Gasteiger partial charge in [0.1, 0.15) is 5.82 Å². The Kier molecular flexibility index (Phi) is 3.53. The van der Waals surface area contributed by atoms with Gasteiger partial charge >= 0.3 is 6.18 Å². The van der Waals surface area contributed by atoms with Gasteiger partial charge in [0.15, 0.2) is 9.84 Å². The lowest BCUT2D eigenvalue weighted by molar-refractivity contribution is -0.0889. The number of Topliss-reactive ketones (excluding diaryl/α,β-unsaturated/α-hetero) is 1. The number of sulfone groups is 1. The molecule has 100 valence electrons. The fraction of sp³-hybridized carbons (Fsp3) is 0.300. The highest BCUT2D eigenvalue weighted by atomic mass is 32.2. The number of carbonyl (C=O) groups is 1. The average Bonchev–Trinajstić information content (AvgIpc) is 2.12. The minimum absolute atomic E-state index is 0.103. The molecule has 1 aromatic carbocycles. The Morgan fingerprint density at radius 2 is 1.72 bits per heavy atom. The van der Waals surface area contributed by atoms with Crippen LogP contribution in [0.15, 0.2) is 17.0 Å². The van der Waals surface area contributed by atoms with E-state index in [1.54, 1.807) is 0 Å². The van der Waals surface area contributed by atoms with Crippen molar-refractivity contribution in [1.29, 1.82) is 0 Å². The molecule has 0 amide bonds. The molecule has 0 radical (unpaired) electrons. The number of rotatable bonds is 2. The second-order valence-corrected chi connectivity index (χ2v) is 5.70. The van der Waals surface area contributed by atoms with Crippen molar-refractivity contribution in [2.75, 3.05) is 6.26 Å². The molecule has 0 aromatic heterocycles. The van der Waals surface area contributed by atoms with E-state index in [-0.39, 0.29) is 5.56 Å². The van der Waals surface area contributed by atoms with Gasteiger partial charge in [0.05, 0.1) is 10.5 Å². The van der Waals surface area contributed by atoms with Crippen molar-refractivity contribution >= 4 is 15.6 Å². The quantitative estimate of drug-likeness (QED) is 0.618. The summed E-state index contributed by atoms with van der Waals surface area (Å²) in [6, 6.07) is 1.50. The lowest BCUT2D eigenvalue weighted by Crippen LogP contribution is -2.26. The van der Waals surface area contributed by atoms with Crippen LogP contribution in [0.5, 0.6) is 0 Å². The summed E-state index contributed by atoms with van der Waals surface area (Å²) in [5.41, 5.74) is -1.36. The van der Waals surface area contributed by atoms with Gasteiger partial charge in [-0.1, -0.05) is 0 Å². The maximum Gasteiger partial charge on any atom is 0.455 e. The summed E-state index contributed by atoms with van der Waals surface area (Å²) in [5, 5.41) is 0. The van der Waals surface area contributed by atoms with E-state index >= 15 is 0 Å². The van der Waals surface area contributed by atoms with Gasteiger partial charge in [-0.05, 0) is 24.6 Å². The van der Waals surface area contributed by atoms with E-state index in [1.165, 1.54) is 6.92 Å². The molecule has 0 saturated carbocycles. The summed E-state index contributed by atoms with van der Waals surface area (Å²) in [6.07, 6.45) is -4.73. The number of alkyl halides is 3. The van der Waals surface area contributed by atoms with Gasteiger partial charge in [0.2, 0.25) is 0 Å². The number of hydrogen-bond acceptors (Lipinski definition) is 3. The molecular weight excluding hydrogens is 276 g/mol. The Hall–Kier alpha value is -1.44. The molecule has 0 aliphatic rings. The lowest BCUT2D eigenvalue weighted by Gasteiger charge is -2.11. The lowest BCUT2D eigenvalue weighted by atomic mass is 10.1. The fourth-order valence-corrected chi connectivity index (χ4v) is 2.33. The largest absolute Gasteiger partial charge is 0.455 e. The van der Waals surface area contributed by atoms with Crippen LogP contribution in [-0.2, 0) is 9.84 Å². The number of halogens is 4. The third-order valence-electron chi connectivity index (χ3n) is 2.08. The SMILES string of the molecule is Cc1cc(F)c(C(=O)C(F)(F)F)c(S(C)(=O)=O)c1. The van der Waals surface area contributed by atoms with Crippen molar-refractivity contribution in [2.24, 2.45) is 0 Å². The number of carbonyl (C=O) groups excluding carboxylic acids is 1. The van der Waals surface area contributed by atoms with Crippen molar-refractivity contribution < 1.29 is 30.8 Å². The Balaban J connectivity index is 3.68. The normalized spacial score (nSPS) is 12.6. The van der Waals surface area contributed by atoms with Gasteiger partial charge in [-0.15, -0.1) is 0 Å². The molecule has 0 N–H and O–H groups in total. The first kappa shape index (κ1) is 14.6. The van der Waals surface area contributed by atoms with Crippen molar-refractivity contribution in [2.45, 2.75) is 18.0 Å². The van der Waals surface area contributed by atoms with Crippen molar-refractivity contribution in [3.63, 3.8) is 0 Å². The minimum atomic E-state index is -5.34. The van der Waals surface area contributed by atoms with Crippen LogP contribution in [-0.4, -0.2) is 26.6 Å². The molecule has 1 rings (SSSR count). The molecule has 1 aromatic rings. The fourth-order valence-electron chi connectivity index (χ4n) is 1.36. The van der Waals surface area contributed by atoms with Gasteiger partial charge < -0.3 is 0 Å². The topological polar surface area (TPSA) is 51.2 Å². The van der Waals surface area contributed by atoms with Crippen molar-refractivity contribution in [3.05, 3.63) is 29.1 Å². The molecule has 0 spiro atoms. The van der Waals surface area contributed by atoms with E-state index in [0.717, 1.165) is 6.07 Å². The molecule has 0 saturated heterocycles. The van der Waals surface area contributed by atoms with Crippen LogP contribution < -0.4 is 0 Å². The third kappa shape index (κ3) is 2.87. The first-order valence-corrected chi connectivity index (χ1v) is 6.45. The smallest absolute Gasteiger partial charge is 0.284 e. The summed E-state index contributed by atoms with van der Waals surface area (Å²) in [6.45, 7) is 1.31. The summed E-state index contributed by atoms with van der Waals surface area (Å²) >= 11 is 0. The van der Waals surface area contributed by atoms with Gasteiger partial charge in [0.25, 0.3) is 5.78 Å². The van der Waals surface area contributed by atoms with E-state index in [9.17, 15) is 30.8 Å². The predicted molar refractivity (Wildman–Crippen MR) is 54.6 cm³/mol. The van der Waals surface area contributed by atoms with Crippen LogP contribution in [0, 0.1) is 12.7 Å². The number of benzene rings is 1. The van der Waals surface area contributed by atoms with E-state index in [2.05, 4.69) is 0 Å². The molecule has 0 fully saturated rings. The minimum Gasteiger partial charge on any atom is -0.284 e. The zero-order chi connectivity index (χ0) is 14.3. The highest BCUT2D eigenvalue weighted by Gasteiger charge is 2.43. The van der Waals surface area contributed by atoms with E-state index < -0.39 is 38.1 Å². The monoisotopic (exact) mass is 284 g/mol. The Bertz CT molecular complexity index is 602. The van der Waals surface area contributed by atoms with Crippen LogP contribution in [0.25, 0.3) is 0 Å². The number of ketones is 1. The molecule has 0 aliphatic carbocycles. The molecule has 0 unspecified atom stereocenters. The Morgan fingerprint density at radius 3 is 2.11 bits per heavy atom. The molecule has 0 bridgehead atoms. The summed E-state index contributed by atoms with van der Waals surface area (Å²) < 4.78 is 72.9. The third-order valence-corrected chi connectivity index (χ3v) is 3.20. The second-order valence-electron chi connectivity index (χ2n) is 3.72. The molecular formula is C10H8F4O3S. The van der Waals surface area contributed by atoms with Crippen LogP contribution in [0.4, 0.5) is 17.6 Å². The Morgan fingerprint density at radius 1 is 1.22 bits per heavy atom. The highest BCUT2D eigenvalue weighted by Crippen LogP contribution is 2.28. The second kappa shape index (κ2) is 4.34. The van der Waals surface area contributed by atoms with E-state index in [4.69, 9.17) is 0 Å². The maximum atomic E-state index is 13.4. The average molecular weight is 284 g/mol. The zero-order valence-electron chi connectivity index (χ0n) is 9.30. The zero-order valence-corrected chi connectivity index (χ0v) is 10.1. The summed E-state index contributed by atoms with van der Waals surface area (Å²) in [7, 11) is -4.14. The first-order chi connectivity index (χ1) is 7.94. The predicted octanol–water partition coefficient (Wildman–Crippen LogP) is 2.28. The molecule has 18 heavy (non-hydrogen) atoms. The standard InChI is InChI=1S/C10H8F4O3S/c1-5-3-6(11)8(9(15)10(12,13)14)7(4-5)18(2,16)17/h3-4H,1-2H3. The molecule has 0 aliphatic heterocycles.